The lowest BCUT2D eigenvalue weighted by atomic mass is 10.2. The van der Waals surface area contributed by atoms with Gasteiger partial charge in [-0.25, -0.2) is 19.0 Å². The molecule has 4 N–H and O–H groups in total. The smallest absolute Gasteiger partial charge is 0.475 e. The van der Waals surface area contributed by atoms with Gasteiger partial charge in [0.15, 0.2) is 17.3 Å². The molecule has 0 unspecified atom stereocenters. The van der Waals surface area contributed by atoms with Crippen molar-refractivity contribution in [1.29, 1.82) is 5.26 Å². The highest BCUT2D eigenvalue weighted by Gasteiger charge is 2.38. The Labute approximate surface area is 272 Å². The molecule has 2 aromatic carbocycles. The fourth-order valence-electron chi connectivity index (χ4n) is 2.79. The first-order valence-corrected chi connectivity index (χ1v) is 13.2. The number of carbonyl (C=O) groups excluding carboxylic acids is 1. The number of aromatic nitrogens is 2. The van der Waals surface area contributed by atoms with Crippen molar-refractivity contribution >= 4 is 57.0 Å². The molecule has 0 saturated carbocycles. The minimum absolute atomic E-state index is 0.0273. The van der Waals surface area contributed by atoms with Crippen LogP contribution in [0.5, 0.6) is 11.5 Å². The van der Waals surface area contributed by atoms with E-state index in [-0.39, 0.29) is 44.9 Å². The van der Waals surface area contributed by atoms with E-state index in [2.05, 4.69) is 31.2 Å². The van der Waals surface area contributed by atoms with Crippen LogP contribution < -0.4 is 10.1 Å². The molecule has 0 aliphatic carbocycles. The zero-order valence-electron chi connectivity index (χ0n) is 22.9. The van der Waals surface area contributed by atoms with Crippen LogP contribution in [0.2, 0.25) is 10.0 Å². The molecule has 46 heavy (non-hydrogen) atoms. The van der Waals surface area contributed by atoms with Gasteiger partial charge in [-0.15, -0.1) is 0 Å². The molecule has 0 fully saturated rings. The lowest BCUT2D eigenvalue weighted by molar-refractivity contribution is -0.193. The fourth-order valence-corrected chi connectivity index (χ4v) is 3.70. The van der Waals surface area contributed by atoms with Gasteiger partial charge in [-0.3, -0.25) is 4.79 Å². The van der Waals surface area contributed by atoms with Crippen molar-refractivity contribution in [2.24, 2.45) is 0 Å². The van der Waals surface area contributed by atoms with Crippen LogP contribution in [0.4, 0.5) is 30.7 Å². The number of rotatable bonds is 7. The molecule has 3 aromatic rings. The molecule has 11 nitrogen and oxygen atoms in total. The van der Waals surface area contributed by atoms with Crippen LogP contribution in [0.15, 0.2) is 34.9 Å². The number of benzene rings is 2. The SMILES string of the molecule is CN(C)Cc1nc(C(=O)NCc2ccc(Cl)c(Oc3cc(Cl)cc(C#N)c3)c2F)c(Br)[nH]1.O=C(O)C(F)(F)F.O=C(O)C(F)(F)F. The summed E-state index contributed by atoms with van der Waals surface area (Å²) in [6.07, 6.45) is -10.2. The van der Waals surface area contributed by atoms with E-state index in [9.17, 15) is 31.1 Å². The van der Waals surface area contributed by atoms with E-state index in [1.165, 1.54) is 30.3 Å². The van der Waals surface area contributed by atoms with Gasteiger partial charge in [0.25, 0.3) is 5.91 Å². The number of ether oxygens (including phenoxy) is 1. The molecular formula is C25H19BrCl2F7N5O6. The second-order valence-electron chi connectivity index (χ2n) is 8.61. The summed E-state index contributed by atoms with van der Waals surface area (Å²) in [6.45, 7) is 0.398. The number of halogens is 10. The molecule has 250 valence electrons. The zero-order chi connectivity index (χ0) is 35.6. The summed E-state index contributed by atoms with van der Waals surface area (Å²) in [4.78, 5) is 39.5. The first-order chi connectivity index (χ1) is 21.1. The number of hydrogen-bond donors (Lipinski definition) is 4. The maximum absolute atomic E-state index is 15.1. The Morgan fingerprint density at radius 3 is 2.09 bits per heavy atom. The average molecular weight is 769 g/mol. The highest BCUT2D eigenvalue weighted by atomic mass is 79.9. The number of imidazole rings is 1. The Morgan fingerprint density at radius 2 is 1.61 bits per heavy atom. The average Bonchev–Trinajstić information content (AvgIpc) is 3.28. The molecule has 0 radical (unpaired) electrons. The van der Waals surface area contributed by atoms with E-state index in [1.54, 1.807) is 0 Å². The number of nitrogens with zero attached hydrogens (tertiary/aromatic N) is 3. The number of nitrogens with one attached hydrogen (secondary N) is 2. The monoisotopic (exact) mass is 767 g/mol. The number of nitriles is 1. The summed E-state index contributed by atoms with van der Waals surface area (Å²) in [5.41, 5.74) is 0.571. The standard InChI is InChI=1S/C21H17BrCl2FN5O2.2C2HF3O2/c1-30(2)10-16-28-18(20(22)29-16)21(31)27-9-12-3-4-15(24)19(17(12)25)32-14-6-11(8-26)5-13(23)7-14;2*3-2(4,5)1(6)7/h3-7H,9-10H2,1-2H3,(H,27,31)(H,28,29);2*(H,6,7). The van der Waals surface area contributed by atoms with Gasteiger partial charge < -0.3 is 30.2 Å². The number of carboxylic acid groups (broad SMARTS) is 2. The third-order valence-electron chi connectivity index (χ3n) is 4.66. The second-order valence-corrected chi connectivity index (χ2v) is 10.2. The van der Waals surface area contributed by atoms with E-state index in [1.807, 2.05) is 25.1 Å². The summed E-state index contributed by atoms with van der Waals surface area (Å²) in [6, 6.07) is 9.15. The van der Waals surface area contributed by atoms with Crippen molar-refractivity contribution in [1.82, 2.24) is 20.2 Å². The zero-order valence-corrected chi connectivity index (χ0v) is 26.0. The quantitative estimate of drug-likeness (QED) is 0.195. The Balaban J connectivity index is 0.000000629. The summed E-state index contributed by atoms with van der Waals surface area (Å²) >= 11 is 15.4. The molecule has 0 atom stereocenters. The topological polar surface area (TPSA) is 169 Å². The van der Waals surface area contributed by atoms with Gasteiger partial charge in [0.05, 0.1) is 23.2 Å². The van der Waals surface area contributed by atoms with Crippen LogP contribution in [0, 0.1) is 17.1 Å². The van der Waals surface area contributed by atoms with Gasteiger partial charge in [-0.1, -0.05) is 29.3 Å². The van der Waals surface area contributed by atoms with E-state index >= 15 is 4.39 Å². The Bertz CT molecular complexity index is 1590. The molecule has 3 rings (SSSR count). The predicted octanol–water partition coefficient (Wildman–Crippen LogP) is 6.54. The number of amides is 1. The van der Waals surface area contributed by atoms with Gasteiger partial charge in [-0.2, -0.15) is 31.6 Å². The lowest BCUT2D eigenvalue weighted by Gasteiger charge is -2.13. The summed E-state index contributed by atoms with van der Waals surface area (Å²) in [5, 5.41) is 26.2. The van der Waals surface area contributed by atoms with E-state index in [4.69, 9.17) is 53.0 Å². The molecule has 0 aliphatic rings. The van der Waals surface area contributed by atoms with Crippen molar-refractivity contribution in [2.75, 3.05) is 14.1 Å². The van der Waals surface area contributed by atoms with Crippen molar-refractivity contribution in [3.05, 3.63) is 73.4 Å². The van der Waals surface area contributed by atoms with Crippen molar-refractivity contribution < 1.29 is 60.1 Å². The van der Waals surface area contributed by atoms with Crippen LogP contribution >= 0.6 is 39.1 Å². The number of aromatic amines is 1. The maximum Gasteiger partial charge on any atom is 0.490 e. The summed E-state index contributed by atoms with van der Waals surface area (Å²) < 4.78 is 84.6. The maximum atomic E-state index is 15.1. The molecule has 0 saturated heterocycles. The Kier molecular flexibility index (Phi) is 14.7. The van der Waals surface area contributed by atoms with Gasteiger partial charge in [0.1, 0.15) is 16.2 Å². The molecule has 0 bridgehead atoms. The van der Waals surface area contributed by atoms with Crippen LogP contribution in [-0.2, 0) is 22.7 Å². The van der Waals surface area contributed by atoms with Crippen molar-refractivity contribution in [3.63, 3.8) is 0 Å². The van der Waals surface area contributed by atoms with Gasteiger partial charge >= 0.3 is 24.3 Å². The number of hydrogen-bond acceptors (Lipinski definition) is 7. The molecule has 21 heteroatoms. The largest absolute Gasteiger partial charge is 0.490 e. The van der Waals surface area contributed by atoms with Crippen molar-refractivity contribution in [2.45, 2.75) is 25.4 Å². The van der Waals surface area contributed by atoms with E-state index in [0.717, 1.165) is 0 Å². The third kappa shape index (κ3) is 13.1. The van der Waals surface area contributed by atoms with Crippen LogP contribution in [-0.4, -0.2) is 69.4 Å². The number of H-pyrrole nitrogens is 1. The highest BCUT2D eigenvalue weighted by Crippen LogP contribution is 2.35. The normalized spacial score (nSPS) is 11.0. The minimum atomic E-state index is -5.08. The minimum Gasteiger partial charge on any atom is -0.475 e. The highest BCUT2D eigenvalue weighted by molar-refractivity contribution is 9.10. The van der Waals surface area contributed by atoms with Gasteiger partial charge in [-0.05, 0) is 54.3 Å². The molecule has 0 aliphatic heterocycles. The molecule has 1 aromatic heterocycles. The van der Waals surface area contributed by atoms with E-state index < -0.39 is 36.0 Å². The van der Waals surface area contributed by atoms with Crippen molar-refractivity contribution in [3.8, 4) is 17.6 Å². The lowest BCUT2D eigenvalue weighted by Crippen LogP contribution is -2.24. The van der Waals surface area contributed by atoms with Crippen LogP contribution in [0.3, 0.4) is 0 Å². The summed E-state index contributed by atoms with van der Waals surface area (Å²) in [5.74, 6) is -6.21. The number of alkyl halides is 6. The third-order valence-corrected chi connectivity index (χ3v) is 5.75. The number of aliphatic carboxylic acids is 2. The fraction of sp³-hybridized carbons (Fsp3) is 0.240. The van der Waals surface area contributed by atoms with Crippen LogP contribution in [0.1, 0.15) is 27.4 Å². The Morgan fingerprint density at radius 1 is 1.07 bits per heavy atom. The van der Waals surface area contributed by atoms with Crippen LogP contribution in [0.25, 0.3) is 0 Å². The molecular weight excluding hydrogens is 750 g/mol. The summed E-state index contributed by atoms with van der Waals surface area (Å²) in [7, 11) is 3.76. The predicted molar refractivity (Wildman–Crippen MR) is 150 cm³/mol. The van der Waals surface area contributed by atoms with E-state index in [0.29, 0.717) is 17.0 Å². The van der Waals surface area contributed by atoms with Gasteiger partial charge in [0.2, 0.25) is 0 Å². The Hall–Kier alpha value is -4.12. The number of carbonyl (C=O) groups is 3. The molecule has 0 spiro atoms. The molecule has 1 heterocycles. The first kappa shape index (κ1) is 39.9. The second kappa shape index (κ2) is 17.0. The first-order valence-electron chi connectivity index (χ1n) is 11.7. The van der Waals surface area contributed by atoms with Gasteiger partial charge in [0, 0.05) is 17.1 Å². The molecule has 1 amide bonds. The number of carboxylic acids is 2.